The highest BCUT2D eigenvalue weighted by Gasteiger charge is 2.16. The summed E-state index contributed by atoms with van der Waals surface area (Å²) >= 11 is 0. The van der Waals surface area contributed by atoms with Gasteiger partial charge in [0.1, 0.15) is 5.82 Å². The van der Waals surface area contributed by atoms with E-state index in [2.05, 4.69) is 10.2 Å². The van der Waals surface area contributed by atoms with E-state index in [4.69, 9.17) is 5.11 Å². The highest BCUT2D eigenvalue weighted by molar-refractivity contribution is 5.83. The number of rotatable bonds is 2. The van der Waals surface area contributed by atoms with Crippen LogP contribution >= 0.6 is 0 Å². The minimum atomic E-state index is -1.04. The molecule has 0 aliphatic rings. The molecule has 1 heterocycles. The van der Waals surface area contributed by atoms with Crippen molar-refractivity contribution in [3.05, 3.63) is 11.6 Å². The van der Waals surface area contributed by atoms with Gasteiger partial charge in [0.05, 0.1) is 0 Å². The van der Waals surface area contributed by atoms with E-state index in [1.54, 1.807) is 11.5 Å². The Morgan fingerprint density at radius 3 is 2.42 bits per heavy atom. The maximum absolute atomic E-state index is 10.6. The molecule has 0 saturated carbocycles. The SMILES string of the molecule is Cc1nnc(C(=O)O)n1C(C)C. The Hall–Kier alpha value is -1.39. The van der Waals surface area contributed by atoms with Gasteiger partial charge in [-0.1, -0.05) is 0 Å². The van der Waals surface area contributed by atoms with Gasteiger partial charge >= 0.3 is 5.97 Å². The van der Waals surface area contributed by atoms with Gasteiger partial charge < -0.3 is 9.67 Å². The second-order valence-corrected chi connectivity index (χ2v) is 2.84. The normalized spacial score (nSPS) is 10.7. The van der Waals surface area contributed by atoms with Crippen LogP contribution < -0.4 is 0 Å². The van der Waals surface area contributed by atoms with E-state index in [1.807, 2.05) is 13.8 Å². The summed E-state index contributed by atoms with van der Waals surface area (Å²) in [5, 5.41) is 15.9. The molecule has 0 atom stereocenters. The van der Waals surface area contributed by atoms with Crippen LogP contribution in [0.4, 0.5) is 0 Å². The van der Waals surface area contributed by atoms with Gasteiger partial charge in [0.25, 0.3) is 0 Å². The van der Waals surface area contributed by atoms with E-state index in [0.717, 1.165) is 0 Å². The Balaban J connectivity index is 3.21. The molecule has 0 radical (unpaired) electrons. The third-order valence-electron chi connectivity index (χ3n) is 1.57. The maximum atomic E-state index is 10.6. The first kappa shape index (κ1) is 8.70. The molecule has 0 unspecified atom stereocenters. The Kier molecular flexibility index (Phi) is 2.12. The monoisotopic (exact) mass is 169 g/mol. The molecule has 0 aromatic carbocycles. The predicted molar refractivity (Wildman–Crippen MR) is 42.1 cm³/mol. The zero-order chi connectivity index (χ0) is 9.30. The first-order chi connectivity index (χ1) is 5.54. The van der Waals surface area contributed by atoms with Gasteiger partial charge in [-0.2, -0.15) is 0 Å². The number of hydrogen-bond donors (Lipinski definition) is 1. The lowest BCUT2D eigenvalue weighted by Crippen LogP contribution is -2.12. The zero-order valence-electron chi connectivity index (χ0n) is 7.27. The number of aromatic carboxylic acids is 1. The molecule has 0 bridgehead atoms. The summed E-state index contributed by atoms with van der Waals surface area (Å²) in [4.78, 5) is 10.6. The van der Waals surface area contributed by atoms with Gasteiger partial charge in [0.15, 0.2) is 0 Å². The number of aromatic nitrogens is 3. The zero-order valence-corrected chi connectivity index (χ0v) is 7.27. The third-order valence-corrected chi connectivity index (χ3v) is 1.57. The molecule has 0 amide bonds. The first-order valence-electron chi connectivity index (χ1n) is 3.69. The van der Waals surface area contributed by atoms with Crippen LogP contribution in [-0.4, -0.2) is 25.8 Å². The predicted octanol–water partition coefficient (Wildman–Crippen LogP) is 0.866. The van der Waals surface area contributed by atoms with Crippen LogP contribution in [0.3, 0.4) is 0 Å². The minimum absolute atomic E-state index is 0.00231. The summed E-state index contributed by atoms with van der Waals surface area (Å²) in [6.45, 7) is 5.52. The fourth-order valence-electron chi connectivity index (χ4n) is 1.13. The molecule has 0 aliphatic heterocycles. The number of carbonyl (C=O) groups is 1. The largest absolute Gasteiger partial charge is 0.475 e. The highest BCUT2D eigenvalue weighted by Crippen LogP contribution is 2.09. The lowest BCUT2D eigenvalue weighted by molar-refractivity contribution is 0.0675. The van der Waals surface area contributed by atoms with Crippen molar-refractivity contribution in [2.75, 3.05) is 0 Å². The van der Waals surface area contributed by atoms with Crippen molar-refractivity contribution < 1.29 is 9.90 Å². The van der Waals surface area contributed by atoms with Gasteiger partial charge in [-0.3, -0.25) is 0 Å². The summed E-state index contributed by atoms with van der Waals surface area (Å²) < 4.78 is 1.59. The van der Waals surface area contributed by atoms with E-state index in [0.29, 0.717) is 5.82 Å². The fourth-order valence-corrected chi connectivity index (χ4v) is 1.13. The molecular formula is C7H11N3O2. The van der Waals surface area contributed by atoms with Crippen molar-refractivity contribution >= 4 is 5.97 Å². The van der Waals surface area contributed by atoms with E-state index in [-0.39, 0.29) is 11.9 Å². The lowest BCUT2D eigenvalue weighted by Gasteiger charge is -2.09. The van der Waals surface area contributed by atoms with Crippen LogP contribution in [0.5, 0.6) is 0 Å². The average molecular weight is 169 g/mol. The van der Waals surface area contributed by atoms with Crippen molar-refractivity contribution in [3.8, 4) is 0 Å². The van der Waals surface area contributed by atoms with Crippen molar-refractivity contribution in [3.63, 3.8) is 0 Å². The molecule has 0 saturated heterocycles. The van der Waals surface area contributed by atoms with Gasteiger partial charge in [0.2, 0.25) is 5.82 Å². The second-order valence-electron chi connectivity index (χ2n) is 2.84. The van der Waals surface area contributed by atoms with Gasteiger partial charge in [-0.05, 0) is 20.8 Å². The average Bonchev–Trinajstić information content (AvgIpc) is 2.30. The Morgan fingerprint density at radius 2 is 2.08 bits per heavy atom. The first-order valence-corrected chi connectivity index (χ1v) is 3.69. The van der Waals surface area contributed by atoms with Crippen LogP contribution in [0, 0.1) is 6.92 Å². The number of carboxylic acids is 1. The Morgan fingerprint density at radius 1 is 1.50 bits per heavy atom. The Bertz CT molecular complexity index is 304. The highest BCUT2D eigenvalue weighted by atomic mass is 16.4. The van der Waals surface area contributed by atoms with E-state index in [9.17, 15) is 4.79 Å². The topological polar surface area (TPSA) is 68.0 Å². The Labute approximate surface area is 70.0 Å². The molecule has 0 fully saturated rings. The second kappa shape index (κ2) is 2.92. The van der Waals surface area contributed by atoms with Crippen LogP contribution in [0.25, 0.3) is 0 Å². The van der Waals surface area contributed by atoms with Gasteiger partial charge in [0, 0.05) is 6.04 Å². The lowest BCUT2D eigenvalue weighted by atomic mass is 10.3. The molecule has 1 rings (SSSR count). The quantitative estimate of drug-likeness (QED) is 0.713. The number of nitrogens with zero attached hydrogens (tertiary/aromatic N) is 3. The molecule has 12 heavy (non-hydrogen) atoms. The van der Waals surface area contributed by atoms with Gasteiger partial charge in [-0.25, -0.2) is 4.79 Å². The minimum Gasteiger partial charge on any atom is -0.475 e. The molecular weight excluding hydrogens is 158 g/mol. The van der Waals surface area contributed by atoms with Crippen LogP contribution in [0.2, 0.25) is 0 Å². The van der Waals surface area contributed by atoms with E-state index >= 15 is 0 Å². The summed E-state index contributed by atoms with van der Waals surface area (Å²) in [6.07, 6.45) is 0. The third kappa shape index (κ3) is 1.30. The smallest absolute Gasteiger partial charge is 0.374 e. The number of carboxylic acid groups (broad SMARTS) is 1. The van der Waals surface area contributed by atoms with E-state index < -0.39 is 5.97 Å². The van der Waals surface area contributed by atoms with Crippen LogP contribution in [-0.2, 0) is 0 Å². The van der Waals surface area contributed by atoms with Crippen LogP contribution in [0.15, 0.2) is 0 Å². The molecule has 0 spiro atoms. The number of hydrogen-bond acceptors (Lipinski definition) is 3. The van der Waals surface area contributed by atoms with Crippen molar-refractivity contribution in [2.24, 2.45) is 0 Å². The fraction of sp³-hybridized carbons (Fsp3) is 0.571. The van der Waals surface area contributed by atoms with Gasteiger partial charge in [-0.15, -0.1) is 10.2 Å². The summed E-state index contributed by atoms with van der Waals surface area (Å²) in [5.41, 5.74) is 0. The molecule has 66 valence electrons. The van der Waals surface area contributed by atoms with Crippen molar-refractivity contribution in [1.29, 1.82) is 0 Å². The molecule has 1 aromatic heterocycles. The molecule has 5 heteroatoms. The number of aryl methyl sites for hydroxylation is 1. The standard InChI is InChI=1S/C7H11N3O2/c1-4(2)10-5(3)8-9-6(10)7(11)12/h4H,1-3H3,(H,11,12). The van der Waals surface area contributed by atoms with Crippen LogP contribution in [0.1, 0.15) is 36.3 Å². The van der Waals surface area contributed by atoms with Crippen molar-refractivity contribution in [1.82, 2.24) is 14.8 Å². The summed E-state index contributed by atoms with van der Waals surface area (Å²) in [7, 11) is 0. The molecule has 1 N–H and O–H groups in total. The molecule has 5 nitrogen and oxygen atoms in total. The molecule has 1 aromatic rings. The maximum Gasteiger partial charge on any atom is 0.374 e. The summed E-state index contributed by atoms with van der Waals surface area (Å²) in [5.74, 6) is -0.408. The molecule has 0 aliphatic carbocycles. The van der Waals surface area contributed by atoms with E-state index in [1.165, 1.54) is 0 Å². The van der Waals surface area contributed by atoms with Crippen molar-refractivity contribution in [2.45, 2.75) is 26.8 Å². The summed E-state index contributed by atoms with van der Waals surface area (Å²) in [6, 6.07) is 0.0751.